The summed E-state index contributed by atoms with van der Waals surface area (Å²) in [5.41, 5.74) is 1.22. The van der Waals surface area contributed by atoms with Crippen LogP contribution in [0.4, 0.5) is 0 Å². The SMILES string of the molecule is CCC1(C)n2nc(C)[n+](C)c2-c2cccc[n+]2C1(C)CC. The van der Waals surface area contributed by atoms with Crippen molar-refractivity contribution in [3.8, 4) is 11.5 Å². The largest absolute Gasteiger partial charge is 0.333 e. The van der Waals surface area contributed by atoms with Gasteiger partial charge in [0.25, 0.3) is 11.5 Å². The second kappa shape index (κ2) is 4.39. The Labute approximate surface area is 127 Å². The highest BCUT2D eigenvalue weighted by Gasteiger charge is 2.62. The van der Waals surface area contributed by atoms with E-state index in [2.05, 4.69) is 79.9 Å². The summed E-state index contributed by atoms with van der Waals surface area (Å²) in [4.78, 5) is 0. The van der Waals surface area contributed by atoms with Crippen LogP contribution in [0.15, 0.2) is 24.4 Å². The monoisotopic (exact) mass is 286 g/mol. The molecule has 3 rings (SSSR count). The number of pyridine rings is 1. The van der Waals surface area contributed by atoms with Crippen molar-refractivity contribution in [2.24, 2.45) is 7.05 Å². The quantitative estimate of drug-likeness (QED) is 0.777. The van der Waals surface area contributed by atoms with Crippen molar-refractivity contribution in [3.05, 3.63) is 30.2 Å². The Kier molecular flexibility index (Phi) is 2.98. The summed E-state index contributed by atoms with van der Waals surface area (Å²) in [6, 6.07) is 6.45. The molecule has 0 spiro atoms. The third-order valence-corrected chi connectivity index (χ3v) is 5.87. The van der Waals surface area contributed by atoms with Gasteiger partial charge >= 0.3 is 5.82 Å². The molecule has 0 bridgehead atoms. The van der Waals surface area contributed by atoms with Crippen molar-refractivity contribution < 1.29 is 9.13 Å². The van der Waals surface area contributed by atoms with Crippen LogP contribution < -0.4 is 9.13 Å². The molecule has 0 saturated heterocycles. The van der Waals surface area contributed by atoms with Crippen LogP contribution in [0.5, 0.6) is 0 Å². The zero-order chi connectivity index (χ0) is 15.4. The minimum absolute atomic E-state index is 0.0107. The van der Waals surface area contributed by atoms with Crippen LogP contribution in [0.25, 0.3) is 11.5 Å². The molecule has 0 aliphatic carbocycles. The normalized spacial score (nSPS) is 27.3. The molecule has 2 aromatic heterocycles. The lowest BCUT2D eigenvalue weighted by Gasteiger charge is -2.40. The lowest BCUT2D eigenvalue weighted by atomic mass is 9.73. The van der Waals surface area contributed by atoms with Gasteiger partial charge in [0.15, 0.2) is 11.7 Å². The molecule has 2 unspecified atom stereocenters. The molecule has 4 nitrogen and oxygen atoms in total. The first-order chi connectivity index (χ1) is 9.90. The fourth-order valence-electron chi connectivity index (χ4n) is 3.80. The number of hydrogen-bond acceptors (Lipinski definition) is 1. The minimum atomic E-state index is -0.0396. The van der Waals surface area contributed by atoms with Gasteiger partial charge in [-0.3, -0.25) is 0 Å². The molecule has 0 N–H and O–H groups in total. The predicted octanol–water partition coefficient (Wildman–Crippen LogP) is 2.23. The van der Waals surface area contributed by atoms with Crippen molar-refractivity contribution in [3.63, 3.8) is 0 Å². The number of aromatic nitrogens is 4. The molecule has 0 amide bonds. The van der Waals surface area contributed by atoms with Crippen LogP contribution in [0.1, 0.15) is 46.4 Å². The lowest BCUT2D eigenvalue weighted by molar-refractivity contribution is -0.779. The van der Waals surface area contributed by atoms with Gasteiger partial charge in [-0.1, -0.05) is 18.5 Å². The number of rotatable bonds is 2. The van der Waals surface area contributed by atoms with Crippen LogP contribution in [-0.4, -0.2) is 9.78 Å². The van der Waals surface area contributed by atoms with E-state index in [0.717, 1.165) is 18.7 Å². The molecular weight excluding hydrogens is 260 g/mol. The van der Waals surface area contributed by atoms with Crippen molar-refractivity contribution in [2.45, 2.75) is 58.5 Å². The molecule has 0 saturated carbocycles. The number of nitrogens with zero attached hydrogens (tertiary/aromatic N) is 4. The Bertz CT molecular complexity index is 703. The second-order valence-corrected chi connectivity index (χ2v) is 6.55. The van der Waals surface area contributed by atoms with E-state index in [-0.39, 0.29) is 11.1 Å². The number of aryl methyl sites for hydroxylation is 1. The molecule has 2 aromatic rings. The molecule has 0 fully saturated rings. The molecule has 1 aliphatic rings. The summed E-state index contributed by atoms with van der Waals surface area (Å²) >= 11 is 0. The van der Waals surface area contributed by atoms with Gasteiger partial charge < -0.3 is 0 Å². The van der Waals surface area contributed by atoms with Crippen LogP contribution in [0.2, 0.25) is 0 Å². The summed E-state index contributed by atoms with van der Waals surface area (Å²) in [7, 11) is 2.11. The molecule has 21 heavy (non-hydrogen) atoms. The lowest BCUT2D eigenvalue weighted by Crippen LogP contribution is -2.70. The van der Waals surface area contributed by atoms with E-state index in [1.807, 2.05) is 0 Å². The Hall–Kier alpha value is -1.71. The maximum Gasteiger partial charge on any atom is 0.333 e. The van der Waals surface area contributed by atoms with Crippen LogP contribution in [-0.2, 0) is 18.1 Å². The molecule has 112 valence electrons. The summed E-state index contributed by atoms with van der Waals surface area (Å²) < 4.78 is 6.92. The highest BCUT2D eigenvalue weighted by Crippen LogP contribution is 2.42. The van der Waals surface area contributed by atoms with Crippen LogP contribution in [0.3, 0.4) is 0 Å². The highest BCUT2D eigenvalue weighted by atomic mass is 15.5. The van der Waals surface area contributed by atoms with Gasteiger partial charge in [0.1, 0.15) is 0 Å². The van der Waals surface area contributed by atoms with E-state index >= 15 is 0 Å². The van der Waals surface area contributed by atoms with E-state index in [1.165, 1.54) is 11.5 Å². The van der Waals surface area contributed by atoms with Crippen molar-refractivity contribution >= 4 is 0 Å². The van der Waals surface area contributed by atoms with E-state index in [4.69, 9.17) is 5.10 Å². The van der Waals surface area contributed by atoms with Gasteiger partial charge in [-0.05, 0) is 19.4 Å². The van der Waals surface area contributed by atoms with E-state index in [1.54, 1.807) is 0 Å². The van der Waals surface area contributed by atoms with E-state index < -0.39 is 0 Å². The number of fused-ring (bicyclic) bond motifs is 3. The second-order valence-electron chi connectivity index (χ2n) is 6.55. The topological polar surface area (TPSA) is 25.6 Å². The molecule has 4 heteroatoms. The van der Waals surface area contributed by atoms with Gasteiger partial charge in [-0.15, -0.1) is 0 Å². The first kappa shape index (κ1) is 14.2. The summed E-state index contributed by atoms with van der Waals surface area (Å²) in [5, 5.41) is 4.88. The van der Waals surface area contributed by atoms with Crippen LogP contribution in [0, 0.1) is 6.92 Å². The average molecular weight is 286 g/mol. The first-order valence-electron chi connectivity index (χ1n) is 7.88. The van der Waals surface area contributed by atoms with Crippen LogP contribution >= 0.6 is 0 Å². The fourth-order valence-corrected chi connectivity index (χ4v) is 3.80. The van der Waals surface area contributed by atoms with E-state index in [0.29, 0.717) is 0 Å². The summed E-state index contributed by atoms with van der Waals surface area (Å²) in [6.45, 7) is 11.3. The van der Waals surface area contributed by atoms with Gasteiger partial charge in [0.05, 0.1) is 7.05 Å². The Morgan fingerprint density at radius 2 is 1.90 bits per heavy atom. The minimum Gasteiger partial charge on any atom is -0.225 e. The molecule has 0 aromatic carbocycles. The molecule has 3 heterocycles. The smallest absolute Gasteiger partial charge is 0.225 e. The van der Waals surface area contributed by atoms with Crippen molar-refractivity contribution in [1.82, 2.24) is 9.78 Å². The Balaban J connectivity index is 2.46. The van der Waals surface area contributed by atoms with E-state index in [9.17, 15) is 0 Å². The van der Waals surface area contributed by atoms with Gasteiger partial charge in [0.2, 0.25) is 5.54 Å². The Morgan fingerprint density at radius 3 is 2.52 bits per heavy atom. The average Bonchev–Trinajstić information content (AvgIpc) is 2.81. The third kappa shape index (κ3) is 1.53. The van der Waals surface area contributed by atoms with Gasteiger partial charge in [-0.25, -0.2) is 4.57 Å². The highest BCUT2D eigenvalue weighted by molar-refractivity contribution is 5.43. The third-order valence-electron chi connectivity index (χ3n) is 5.87. The molecule has 1 aliphatic heterocycles. The Morgan fingerprint density at radius 1 is 1.19 bits per heavy atom. The van der Waals surface area contributed by atoms with Gasteiger partial charge in [0, 0.05) is 37.5 Å². The number of hydrogen-bond donors (Lipinski definition) is 0. The summed E-state index contributed by atoms with van der Waals surface area (Å²) in [5.74, 6) is 2.25. The maximum atomic E-state index is 4.88. The van der Waals surface area contributed by atoms with Crippen molar-refractivity contribution in [1.29, 1.82) is 0 Å². The maximum absolute atomic E-state index is 4.88. The zero-order valence-electron chi connectivity index (χ0n) is 14.0. The standard InChI is InChI=1S/C17H26N4/c1-7-16(4)17(5,8-2)21-15(19(6)13(3)18-21)14-11-9-10-12-20(14)16/h9-12H,7-8H2,1-6H3/q+2. The predicted molar refractivity (Wildman–Crippen MR) is 81.6 cm³/mol. The molecule has 0 radical (unpaired) electrons. The fraction of sp³-hybridized carbons (Fsp3) is 0.588. The molecular formula is C17H26N4+2. The van der Waals surface area contributed by atoms with Crippen molar-refractivity contribution in [2.75, 3.05) is 0 Å². The zero-order valence-corrected chi connectivity index (χ0v) is 14.0. The summed E-state index contributed by atoms with van der Waals surface area (Å²) in [6.07, 6.45) is 4.34. The molecule has 2 atom stereocenters. The first-order valence-corrected chi connectivity index (χ1v) is 7.88. The van der Waals surface area contributed by atoms with Gasteiger partial charge in [-0.2, -0.15) is 4.57 Å².